The van der Waals surface area contributed by atoms with E-state index < -0.39 is 0 Å². The normalized spacial score (nSPS) is 19.1. The van der Waals surface area contributed by atoms with Crippen LogP contribution >= 0.6 is 11.6 Å². The topological polar surface area (TPSA) is 54.5 Å². The Hall–Kier alpha value is -1.43. The first-order valence-electron chi connectivity index (χ1n) is 8.35. The summed E-state index contributed by atoms with van der Waals surface area (Å²) >= 11 is 5.62. The maximum Gasteiger partial charge on any atom is 0.253 e. The highest BCUT2D eigenvalue weighted by atomic mass is 35.5. The molecule has 1 atom stereocenters. The number of carbonyl (C=O) groups excluding carboxylic acids is 1. The van der Waals surface area contributed by atoms with Crippen molar-refractivity contribution in [1.29, 1.82) is 0 Å². The van der Waals surface area contributed by atoms with Gasteiger partial charge in [-0.15, -0.1) is 0 Å². The number of aryl methyl sites for hydroxylation is 1. The Labute approximate surface area is 149 Å². The number of halogens is 1. The van der Waals surface area contributed by atoms with Crippen LogP contribution in [-0.4, -0.2) is 54.7 Å². The van der Waals surface area contributed by atoms with Crippen molar-refractivity contribution in [3.05, 3.63) is 40.7 Å². The third-order valence-corrected chi connectivity index (χ3v) is 4.31. The molecule has 5 nitrogen and oxygen atoms in total. The van der Waals surface area contributed by atoms with Crippen LogP contribution in [0.25, 0.3) is 0 Å². The van der Waals surface area contributed by atoms with Gasteiger partial charge in [-0.05, 0) is 25.0 Å². The van der Waals surface area contributed by atoms with Crippen molar-refractivity contribution in [3.8, 4) is 0 Å². The van der Waals surface area contributed by atoms with Gasteiger partial charge in [0, 0.05) is 30.9 Å². The molecule has 0 spiro atoms. The van der Waals surface area contributed by atoms with Gasteiger partial charge in [-0.2, -0.15) is 0 Å². The molecule has 132 valence electrons. The molecule has 0 bridgehead atoms. The third-order valence-electron chi connectivity index (χ3n) is 4.13. The summed E-state index contributed by atoms with van der Waals surface area (Å²) in [5.41, 5.74) is 3.95. The Morgan fingerprint density at radius 1 is 1.54 bits per heavy atom. The van der Waals surface area contributed by atoms with Gasteiger partial charge in [0.05, 0.1) is 30.5 Å². The molecule has 1 aromatic heterocycles. The van der Waals surface area contributed by atoms with Crippen LogP contribution in [-0.2, 0) is 4.74 Å². The zero-order valence-electron chi connectivity index (χ0n) is 14.6. The van der Waals surface area contributed by atoms with Crippen LogP contribution in [0, 0.1) is 6.92 Å². The van der Waals surface area contributed by atoms with Crippen molar-refractivity contribution < 1.29 is 9.53 Å². The molecule has 1 N–H and O–H groups in total. The smallest absolute Gasteiger partial charge is 0.253 e. The van der Waals surface area contributed by atoms with E-state index in [4.69, 9.17) is 16.3 Å². The zero-order chi connectivity index (χ0) is 17.5. The maximum absolute atomic E-state index is 12.6. The summed E-state index contributed by atoms with van der Waals surface area (Å²) in [6.07, 6.45) is 1.91. The van der Waals surface area contributed by atoms with E-state index >= 15 is 0 Å². The molecule has 2 heterocycles. The van der Waals surface area contributed by atoms with E-state index in [2.05, 4.69) is 15.2 Å². The second kappa shape index (κ2) is 9.16. The predicted octanol–water partition coefficient (Wildman–Crippen LogP) is 2.70. The quantitative estimate of drug-likeness (QED) is 0.856. The summed E-state index contributed by atoms with van der Waals surface area (Å²) in [5, 5.41) is 3.03. The molecule has 1 amide bonds. The molecule has 24 heavy (non-hydrogen) atoms. The fourth-order valence-corrected chi connectivity index (χ4v) is 2.89. The molecule has 1 unspecified atom stereocenters. The number of aromatic nitrogens is 1. The number of carbonyl (C=O) groups is 1. The molecule has 1 aromatic rings. The van der Waals surface area contributed by atoms with Crippen LogP contribution in [0.4, 0.5) is 0 Å². The monoisotopic (exact) mass is 351 g/mol. The van der Waals surface area contributed by atoms with E-state index in [9.17, 15) is 4.79 Å². The molecule has 2 rings (SSSR count). The van der Waals surface area contributed by atoms with Gasteiger partial charge in [0.25, 0.3) is 5.91 Å². The summed E-state index contributed by atoms with van der Waals surface area (Å²) in [6, 6.07) is 3.89. The summed E-state index contributed by atoms with van der Waals surface area (Å²) in [4.78, 5) is 19.4. The number of hydrogen-bond acceptors (Lipinski definition) is 4. The molecule has 1 aliphatic heterocycles. The largest absolute Gasteiger partial charge is 0.378 e. The first kappa shape index (κ1) is 18.9. The van der Waals surface area contributed by atoms with E-state index in [1.807, 2.05) is 39.0 Å². The Balaban J connectivity index is 2.01. The average Bonchev–Trinajstić information content (AvgIpc) is 2.58. The summed E-state index contributed by atoms with van der Waals surface area (Å²) in [7, 11) is 0. The first-order chi connectivity index (χ1) is 11.5. The number of nitrogens with one attached hydrogen (secondary N) is 1. The SMILES string of the molecule is Cc1ccc(C(=O)NCC2COCCN2C/C=C/Cl)c(C(C)C)n1. The van der Waals surface area contributed by atoms with E-state index in [1.165, 1.54) is 5.54 Å². The molecular weight excluding hydrogens is 326 g/mol. The average molecular weight is 352 g/mol. The number of amides is 1. The predicted molar refractivity (Wildman–Crippen MR) is 96.6 cm³/mol. The summed E-state index contributed by atoms with van der Waals surface area (Å²) in [6.45, 7) is 9.50. The number of pyridine rings is 1. The van der Waals surface area contributed by atoms with E-state index in [-0.39, 0.29) is 17.9 Å². The van der Waals surface area contributed by atoms with Crippen molar-refractivity contribution in [2.75, 3.05) is 32.8 Å². The highest BCUT2D eigenvalue weighted by Gasteiger charge is 2.23. The maximum atomic E-state index is 12.6. The standard InChI is InChI=1S/C18H26ClN3O2/c1-13(2)17-16(6-5-14(3)21-17)18(23)20-11-15-12-24-10-9-22(15)8-4-7-19/h4-7,13,15H,8-12H2,1-3H3,(H,20,23)/b7-4+. The number of morpholine rings is 1. The molecule has 0 aliphatic carbocycles. The Morgan fingerprint density at radius 2 is 2.33 bits per heavy atom. The Kier molecular flexibility index (Phi) is 7.21. The van der Waals surface area contributed by atoms with Crippen molar-refractivity contribution in [1.82, 2.24) is 15.2 Å². The molecule has 6 heteroatoms. The van der Waals surface area contributed by atoms with Crippen molar-refractivity contribution in [2.45, 2.75) is 32.7 Å². The van der Waals surface area contributed by atoms with Crippen LogP contribution in [0.1, 0.15) is 41.5 Å². The molecule has 1 aliphatic rings. The van der Waals surface area contributed by atoms with Crippen LogP contribution in [0.5, 0.6) is 0 Å². The van der Waals surface area contributed by atoms with Gasteiger partial charge < -0.3 is 10.1 Å². The van der Waals surface area contributed by atoms with Crippen molar-refractivity contribution >= 4 is 17.5 Å². The van der Waals surface area contributed by atoms with E-state index in [1.54, 1.807) is 0 Å². The van der Waals surface area contributed by atoms with Crippen LogP contribution in [0.15, 0.2) is 23.7 Å². The molecule has 0 saturated carbocycles. The molecule has 1 fully saturated rings. The third kappa shape index (κ3) is 5.03. The van der Waals surface area contributed by atoms with Gasteiger partial charge in [-0.3, -0.25) is 14.7 Å². The lowest BCUT2D eigenvalue weighted by Gasteiger charge is -2.34. The minimum Gasteiger partial charge on any atom is -0.378 e. The van der Waals surface area contributed by atoms with E-state index in [0.29, 0.717) is 25.3 Å². The summed E-state index contributed by atoms with van der Waals surface area (Å²) < 4.78 is 5.55. The number of hydrogen-bond donors (Lipinski definition) is 1. The second-order valence-corrected chi connectivity index (χ2v) is 6.59. The highest BCUT2D eigenvalue weighted by Crippen LogP contribution is 2.18. The van der Waals surface area contributed by atoms with Gasteiger partial charge in [0.1, 0.15) is 0 Å². The lowest BCUT2D eigenvalue weighted by molar-refractivity contribution is -0.000685. The Morgan fingerprint density at radius 3 is 3.04 bits per heavy atom. The van der Waals surface area contributed by atoms with Crippen molar-refractivity contribution in [2.24, 2.45) is 0 Å². The Bertz CT molecular complexity index is 590. The molecule has 0 aromatic carbocycles. The van der Waals surface area contributed by atoms with Gasteiger partial charge in [-0.25, -0.2) is 0 Å². The fourth-order valence-electron chi connectivity index (χ4n) is 2.81. The highest BCUT2D eigenvalue weighted by molar-refractivity contribution is 6.25. The zero-order valence-corrected chi connectivity index (χ0v) is 15.3. The number of rotatable bonds is 6. The van der Waals surface area contributed by atoms with Crippen LogP contribution < -0.4 is 5.32 Å². The molecule has 1 saturated heterocycles. The van der Waals surface area contributed by atoms with Crippen molar-refractivity contribution in [3.63, 3.8) is 0 Å². The lowest BCUT2D eigenvalue weighted by Crippen LogP contribution is -2.51. The number of ether oxygens (including phenoxy) is 1. The molecule has 0 radical (unpaired) electrons. The second-order valence-electron chi connectivity index (χ2n) is 6.34. The van der Waals surface area contributed by atoms with Gasteiger partial charge in [0.15, 0.2) is 0 Å². The van der Waals surface area contributed by atoms with E-state index in [0.717, 1.165) is 24.5 Å². The lowest BCUT2D eigenvalue weighted by atomic mass is 10.0. The van der Waals surface area contributed by atoms with Gasteiger partial charge in [0.2, 0.25) is 0 Å². The van der Waals surface area contributed by atoms with Crippen LogP contribution in [0.2, 0.25) is 0 Å². The fraction of sp³-hybridized carbons (Fsp3) is 0.556. The van der Waals surface area contributed by atoms with Crippen LogP contribution in [0.3, 0.4) is 0 Å². The van der Waals surface area contributed by atoms with Gasteiger partial charge >= 0.3 is 0 Å². The van der Waals surface area contributed by atoms with Gasteiger partial charge in [-0.1, -0.05) is 31.5 Å². The first-order valence-corrected chi connectivity index (χ1v) is 8.79. The number of nitrogens with zero attached hydrogens (tertiary/aromatic N) is 2. The minimum atomic E-state index is -0.0791. The molecular formula is C18H26ClN3O2. The minimum absolute atomic E-state index is 0.0791. The summed E-state index contributed by atoms with van der Waals surface area (Å²) in [5.74, 6) is 0.124.